The van der Waals surface area contributed by atoms with E-state index in [9.17, 15) is 9.59 Å². The maximum Gasteiger partial charge on any atom is 0.239 e. The summed E-state index contributed by atoms with van der Waals surface area (Å²) in [6.07, 6.45) is 0. The molecule has 0 aromatic heterocycles. The number of carbonyl (C=O) groups excluding carboxylic acids is 2. The normalized spacial score (nSPS) is 16.6. The molecule has 0 bridgehead atoms. The number of nitrogens with one attached hydrogen (secondary N) is 1. The Bertz CT molecular complexity index is 598. The Morgan fingerprint density at radius 2 is 1.84 bits per heavy atom. The first-order chi connectivity index (χ1) is 11.9. The van der Waals surface area contributed by atoms with E-state index in [1.165, 1.54) is 0 Å². The van der Waals surface area contributed by atoms with Crippen LogP contribution < -0.4 is 15.8 Å². The molecule has 1 aromatic carbocycles. The summed E-state index contributed by atoms with van der Waals surface area (Å²) >= 11 is 0. The van der Waals surface area contributed by atoms with Crippen molar-refractivity contribution in [2.45, 2.75) is 19.9 Å². The van der Waals surface area contributed by atoms with Crippen LogP contribution in [0.15, 0.2) is 24.3 Å². The van der Waals surface area contributed by atoms with Gasteiger partial charge in [-0.3, -0.25) is 14.5 Å². The SMILES string of the molecule is COc1ccccc1NC(=O)CN1CCN(C(=O)[C@@H](N)C(C)C)CC1. The zero-order valence-electron chi connectivity index (χ0n) is 15.2. The maximum atomic E-state index is 12.3. The molecule has 0 radical (unpaired) electrons. The molecule has 0 aliphatic carbocycles. The third-order valence-electron chi connectivity index (χ3n) is 4.44. The molecular weight excluding hydrogens is 320 g/mol. The first-order valence-electron chi connectivity index (χ1n) is 8.62. The van der Waals surface area contributed by atoms with Gasteiger partial charge in [-0.1, -0.05) is 26.0 Å². The number of hydrogen-bond acceptors (Lipinski definition) is 5. The summed E-state index contributed by atoms with van der Waals surface area (Å²) in [6.45, 7) is 6.70. The van der Waals surface area contributed by atoms with Gasteiger partial charge < -0.3 is 20.7 Å². The fraction of sp³-hybridized carbons (Fsp3) is 0.556. The van der Waals surface area contributed by atoms with Crippen LogP contribution in [0.5, 0.6) is 5.75 Å². The summed E-state index contributed by atoms with van der Waals surface area (Å²) in [4.78, 5) is 28.4. The number of ether oxygens (including phenoxy) is 1. The van der Waals surface area contributed by atoms with Gasteiger partial charge in [0.25, 0.3) is 0 Å². The second kappa shape index (κ2) is 8.82. The predicted molar refractivity (Wildman–Crippen MR) is 97.5 cm³/mol. The van der Waals surface area contributed by atoms with E-state index in [0.29, 0.717) is 37.6 Å². The highest BCUT2D eigenvalue weighted by Gasteiger charge is 2.27. The zero-order chi connectivity index (χ0) is 18.4. The van der Waals surface area contributed by atoms with Crippen LogP contribution in [0.25, 0.3) is 0 Å². The minimum absolute atomic E-state index is 0.00637. The number of carbonyl (C=O) groups is 2. The van der Waals surface area contributed by atoms with E-state index in [2.05, 4.69) is 5.32 Å². The highest BCUT2D eigenvalue weighted by Crippen LogP contribution is 2.22. The van der Waals surface area contributed by atoms with Gasteiger partial charge in [-0.15, -0.1) is 0 Å². The maximum absolute atomic E-state index is 12.3. The molecule has 0 unspecified atom stereocenters. The molecule has 2 rings (SSSR count). The molecular formula is C18H28N4O3. The number of anilines is 1. The summed E-state index contributed by atoms with van der Waals surface area (Å²) < 4.78 is 5.23. The highest BCUT2D eigenvalue weighted by molar-refractivity contribution is 5.93. The molecule has 1 aliphatic heterocycles. The zero-order valence-corrected chi connectivity index (χ0v) is 15.2. The molecule has 3 N–H and O–H groups in total. The number of benzene rings is 1. The molecule has 1 atom stereocenters. The minimum Gasteiger partial charge on any atom is -0.495 e. The van der Waals surface area contributed by atoms with E-state index in [1.54, 1.807) is 24.1 Å². The van der Waals surface area contributed by atoms with E-state index < -0.39 is 6.04 Å². The van der Waals surface area contributed by atoms with Gasteiger partial charge in [0.15, 0.2) is 0 Å². The lowest BCUT2D eigenvalue weighted by Gasteiger charge is -2.36. The standard InChI is InChI=1S/C18H28N4O3/c1-13(2)17(19)18(24)22-10-8-21(9-11-22)12-16(23)20-14-6-4-5-7-15(14)25-3/h4-7,13,17H,8-12,19H2,1-3H3,(H,20,23)/t17-/m0/s1. The number of nitrogens with zero attached hydrogens (tertiary/aromatic N) is 2. The number of para-hydroxylation sites is 2. The Labute approximate surface area is 149 Å². The molecule has 1 heterocycles. The van der Waals surface area contributed by atoms with Crippen LogP contribution in [-0.2, 0) is 9.59 Å². The summed E-state index contributed by atoms with van der Waals surface area (Å²) in [6, 6.07) is 6.85. The Kier molecular flexibility index (Phi) is 6.78. The summed E-state index contributed by atoms with van der Waals surface area (Å²) in [5.41, 5.74) is 6.60. The van der Waals surface area contributed by atoms with Gasteiger partial charge in [0.05, 0.1) is 25.4 Å². The van der Waals surface area contributed by atoms with E-state index in [1.807, 2.05) is 30.9 Å². The summed E-state index contributed by atoms with van der Waals surface area (Å²) in [7, 11) is 1.57. The lowest BCUT2D eigenvalue weighted by molar-refractivity contribution is -0.135. The molecule has 0 spiro atoms. The van der Waals surface area contributed by atoms with Crippen molar-refractivity contribution in [2.24, 2.45) is 11.7 Å². The number of rotatable bonds is 6. The molecule has 25 heavy (non-hydrogen) atoms. The lowest BCUT2D eigenvalue weighted by atomic mass is 10.0. The van der Waals surface area contributed by atoms with Crippen LogP contribution in [0, 0.1) is 5.92 Å². The predicted octanol–water partition coefficient (Wildman–Crippen LogP) is 0.761. The number of nitrogens with two attached hydrogens (primary N) is 1. The largest absolute Gasteiger partial charge is 0.495 e. The van der Waals surface area contributed by atoms with Crippen molar-refractivity contribution in [3.8, 4) is 5.75 Å². The average molecular weight is 348 g/mol. The Morgan fingerprint density at radius 1 is 1.20 bits per heavy atom. The summed E-state index contributed by atoms with van der Waals surface area (Å²) in [5, 5.41) is 2.87. The van der Waals surface area contributed by atoms with Crippen LogP contribution in [-0.4, -0.2) is 67.5 Å². The second-order valence-electron chi connectivity index (χ2n) is 6.62. The molecule has 138 valence electrons. The van der Waals surface area contributed by atoms with Crippen molar-refractivity contribution in [1.82, 2.24) is 9.80 Å². The number of methoxy groups -OCH3 is 1. The molecule has 7 nitrogen and oxygen atoms in total. The van der Waals surface area contributed by atoms with E-state index in [0.717, 1.165) is 0 Å². The number of hydrogen-bond donors (Lipinski definition) is 2. The Hall–Kier alpha value is -2.12. The van der Waals surface area contributed by atoms with E-state index in [4.69, 9.17) is 10.5 Å². The number of amides is 2. The van der Waals surface area contributed by atoms with Crippen LogP contribution in [0.3, 0.4) is 0 Å². The molecule has 2 amide bonds. The number of piperazine rings is 1. The van der Waals surface area contributed by atoms with Crippen molar-refractivity contribution in [1.29, 1.82) is 0 Å². The first-order valence-corrected chi connectivity index (χ1v) is 8.62. The lowest BCUT2D eigenvalue weighted by Crippen LogP contribution is -2.55. The molecule has 1 aromatic rings. The molecule has 7 heteroatoms. The van der Waals surface area contributed by atoms with Gasteiger partial charge in [0, 0.05) is 26.2 Å². The van der Waals surface area contributed by atoms with Gasteiger partial charge in [0.1, 0.15) is 5.75 Å². The molecule has 0 saturated carbocycles. The van der Waals surface area contributed by atoms with Crippen molar-refractivity contribution in [3.63, 3.8) is 0 Å². The van der Waals surface area contributed by atoms with Crippen molar-refractivity contribution in [2.75, 3.05) is 45.2 Å². The van der Waals surface area contributed by atoms with E-state index in [-0.39, 0.29) is 24.3 Å². The van der Waals surface area contributed by atoms with Crippen LogP contribution in [0.2, 0.25) is 0 Å². The molecule has 1 saturated heterocycles. The third kappa shape index (κ3) is 5.17. The van der Waals surface area contributed by atoms with Crippen molar-refractivity contribution >= 4 is 17.5 Å². The molecule has 1 fully saturated rings. The first kappa shape index (κ1) is 19.2. The fourth-order valence-corrected chi connectivity index (χ4v) is 2.76. The fourth-order valence-electron chi connectivity index (χ4n) is 2.76. The van der Waals surface area contributed by atoms with Gasteiger partial charge in [0.2, 0.25) is 11.8 Å². The topological polar surface area (TPSA) is 87.9 Å². The van der Waals surface area contributed by atoms with E-state index >= 15 is 0 Å². The summed E-state index contributed by atoms with van der Waals surface area (Å²) in [5.74, 6) is 0.655. The molecule has 1 aliphatic rings. The monoisotopic (exact) mass is 348 g/mol. The van der Waals surface area contributed by atoms with Gasteiger partial charge >= 0.3 is 0 Å². The quantitative estimate of drug-likeness (QED) is 0.792. The highest BCUT2D eigenvalue weighted by atomic mass is 16.5. The van der Waals surface area contributed by atoms with Crippen molar-refractivity contribution in [3.05, 3.63) is 24.3 Å². The Balaban J connectivity index is 1.81. The second-order valence-corrected chi connectivity index (χ2v) is 6.62. The van der Waals surface area contributed by atoms with Crippen LogP contribution in [0.1, 0.15) is 13.8 Å². The van der Waals surface area contributed by atoms with Crippen molar-refractivity contribution < 1.29 is 14.3 Å². The smallest absolute Gasteiger partial charge is 0.239 e. The minimum atomic E-state index is -0.458. The van der Waals surface area contributed by atoms with Gasteiger partial charge in [-0.2, -0.15) is 0 Å². The van der Waals surface area contributed by atoms with Crippen LogP contribution >= 0.6 is 0 Å². The Morgan fingerprint density at radius 3 is 2.44 bits per heavy atom. The van der Waals surface area contributed by atoms with Gasteiger partial charge in [-0.05, 0) is 18.1 Å². The third-order valence-corrected chi connectivity index (χ3v) is 4.44. The average Bonchev–Trinajstić information content (AvgIpc) is 2.61. The van der Waals surface area contributed by atoms with Gasteiger partial charge in [-0.25, -0.2) is 0 Å². The van der Waals surface area contributed by atoms with Crippen LogP contribution in [0.4, 0.5) is 5.69 Å².